The standard InChI is InChI=1S/C15H18BrClN2S/c1-3-19(4-2)12-7-5-11(6-8-12)18-10-13-9-14(16)15(17)20-13/h5-9,18H,3-4,10H2,1-2H3. The van der Waals surface area contributed by atoms with Gasteiger partial charge in [-0.05, 0) is 60.1 Å². The Morgan fingerprint density at radius 1 is 1.20 bits per heavy atom. The predicted molar refractivity (Wildman–Crippen MR) is 94.4 cm³/mol. The molecule has 0 aliphatic rings. The second-order valence-electron chi connectivity index (χ2n) is 4.41. The molecule has 0 amide bonds. The lowest BCUT2D eigenvalue weighted by Gasteiger charge is -2.21. The zero-order valence-electron chi connectivity index (χ0n) is 11.6. The summed E-state index contributed by atoms with van der Waals surface area (Å²) in [5, 5.41) is 3.42. The molecule has 1 heterocycles. The molecule has 1 N–H and O–H groups in total. The quantitative estimate of drug-likeness (QED) is 0.706. The van der Waals surface area contributed by atoms with Crippen molar-refractivity contribution >= 4 is 50.2 Å². The van der Waals surface area contributed by atoms with E-state index in [0.717, 1.165) is 34.1 Å². The molecule has 108 valence electrons. The van der Waals surface area contributed by atoms with Crippen molar-refractivity contribution in [2.75, 3.05) is 23.3 Å². The molecule has 0 spiro atoms. The fourth-order valence-electron chi connectivity index (χ4n) is 2.05. The van der Waals surface area contributed by atoms with E-state index in [1.54, 1.807) is 11.3 Å². The molecule has 0 saturated carbocycles. The van der Waals surface area contributed by atoms with Crippen LogP contribution in [0, 0.1) is 0 Å². The van der Waals surface area contributed by atoms with E-state index >= 15 is 0 Å². The zero-order chi connectivity index (χ0) is 14.5. The number of halogens is 2. The highest BCUT2D eigenvalue weighted by molar-refractivity contribution is 9.10. The van der Waals surface area contributed by atoms with Crippen molar-refractivity contribution in [3.63, 3.8) is 0 Å². The summed E-state index contributed by atoms with van der Waals surface area (Å²) in [6, 6.07) is 10.6. The van der Waals surface area contributed by atoms with Gasteiger partial charge >= 0.3 is 0 Å². The van der Waals surface area contributed by atoms with Gasteiger partial charge < -0.3 is 10.2 Å². The van der Waals surface area contributed by atoms with Crippen molar-refractivity contribution in [3.8, 4) is 0 Å². The maximum atomic E-state index is 6.04. The Kier molecular flexibility index (Phi) is 5.75. The van der Waals surface area contributed by atoms with Crippen LogP contribution in [0.25, 0.3) is 0 Å². The molecule has 0 saturated heterocycles. The number of nitrogens with zero attached hydrogens (tertiary/aromatic N) is 1. The van der Waals surface area contributed by atoms with E-state index in [0.29, 0.717) is 0 Å². The minimum Gasteiger partial charge on any atom is -0.380 e. The Morgan fingerprint density at radius 2 is 1.85 bits per heavy atom. The molecular formula is C15H18BrClN2S. The summed E-state index contributed by atoms with van der Waals surface area (Å²) in [7, 11) is 0. The number of rotatable bonds is 6. The van der Waals surface area contributed by atoms with E-state index in [2.05, 4.69) is 70.3 Å². The monoisotopic (exact) mass is 372 g/mol. The maximum Gasteiger partial charge on any atom is 0.107 e. The van der Waals surface area contributed by atoms with Crippen LogP contribution in [-0.4, -0.2) is 13.1 Å². The Labute approximate surface area is 137 Å². The van der Waals surface area contributed by atoms with Gasteiger partial charge in [-0.3, -0.25) is 0 Å². The van der Waals surface area contributed by atoms with Crippen LogP contribution < -0.4 is 10.2 Å². The van der Waals surface area contributed by atoms with Gasteiger partial charge in [0.05, 0.1) is 0 Å². The van der Waals surface area contributed by atoms with Crippen molar-refractivity contribution in [3.05, 3.63) is 44.0 Å². The third-order valence-corrected chi connectivity index (χ3v) is 5.63. The highest BCUT2D eigenvalue weighted by atomic mass is 79.9. The summed E-state index contributed by atoms with van der Waals surface area (Å²) >= 11 is 11.1. The van der Waals surface area contributed by atoms with Gasteiger partial charge in [0, 0.05) is 40.4 Å². The van der Waals surface area contributed by atoms with E-state index in [1.165, 1.54) is 10.6 Å². The van der Waals surface area contributed by atoms with Crippen molar-refractivity contribution in [2.24, 2.45) is 0 Å². The van der Waals surface area contributed by atoms with Crippen LogP contribution in [0.15, 0.2) is 34.8 Å². The SMILES string of the molecule is CCN(CC)c1ccc(NCc2cc(Br)c(Cl)s2)cc1. The van der Waals surface area contributed by atoms with E-state index < -0.39 is 0 Å². The first kappa shape index (κ1) is 15.7. The zero-order valence-corrected chi connectivity index (χ0v) is 14.8. The number of hydrogen-bond acceptors (Lipinski definition) is 3. The van der Waals surface area contributed by atoms with Crippen molar-refractivity contribution in [1.82, 2.24) is 0 Å². The highest BCUT2D eigenvalue weighted by Gasteiger charge is 2.05. The van der Waals surface area contributed by atoms with Crippen LogP contribution in [0.2, 0.25) is 4.34 Å². The first-order valence-electron chi connectivity index (χ1n) is 6.66. The van der Waals surface area contributed by atoms with E-state index in [1.807, 2.05) is 0 Å². The Balaban J connectivity index is 1.97. The van der Waals surface area contributed by atoms with Gasteiger partial charge in [-0.1, -0.05) is 11.6 Å². The molecule has 5 heteroatoms. The number of thiophene rings is 1. The Bertz CT molecular complexity index is 530. The Hall–Kier alpha value is -0.710. The first-order chi connectivity index (χ1) is 9.63. The molecule has 2 aromatic rings. The van der Waals surface area contributed by atoms with Crippen LogP contribution in [0.1, 0.15) is 18.7 Å². The van der Waals surface area contributed by atoms with Gasteiger partial charge in [0.15, 0.2) is 0 Å². The van der Waals surface area contributed by atoms with Crippen molar-refractivity contribution < 1.29 is 0 Å². The molecule has 0 unspecified atom stereocenters. The molecule has 1 aromatic heterocycles. The summed E-state index contributed by atoms with van der Waals surface area (Å²) < 4.78 is 1.77. The van der Waals surface area contributed by atoms with Gasteiger partial charge in [-0.25, -0.2) is 0 Å². The van der Waals surface area contributed by atoms with E-state index in [4.69, 9.17) is 11.6 Å². The van der Waals surface area contributed by atoms with Gasteiger partial charge in [0.25, 0.3) is 0 Å². The number of nitrogens with one attached hydrogen (secondary N) is 1. The summed E-state index contributed by atoms with van der Waals surface area (Å²) in [5.74, 6) is 0. The third kappa shape index (κ3) is 3.90. The minimum atomic E-state index is 0.792. The maximum absolute atomic E-state index is 6.04. The van der Waals surface area contributed by atoms with Crippen molar-refractivity contribution in [2.45, 2.75) is 20.4 Å². The van der Waals surface area contributed by atoms with E-state index in [-0.39, 0.29) is 0 Å². The number of anilines is 2. The predicted octanol–water partition coefficient (Wildman–Crippen LogP) is 5.62. The van der Waals surface area contributed by atoms with Crippen LogP contribution >= 0.6 is 38.9 Å². The largest absolute Gasteiger partial charge is 0.380 e. The molecule has 2 nitrogen and oxygen atoms in total. The molecule has 0 aliphatic heterocycles. The average molecular weight is 374 g/mol. The molecule has 0 fully saturated rings. The van der Waals surface area contributed by atoms with Crippen LogP contribution in [0.5, 0.6) is 0 Å². The molecule has 1 aromatic carbocycles. The van der Waals surface area contributed by atoms with Gasteiger partial charge in [0.2, 0.25) is 0 Å². The van der Waals surface area contributed by atoms with Crippen LogP contribution in [-0.2, 0) is 6.54 Å². The summed E-state index contributed by atoms with van der Waals surface area (Å²) in [5.41, 5.74) is 2.39. The van der Waals surface area contributed by atoms with Gasteiger partial charge in [0.1, 0.15) is 4.34 Å². The fraction of sp³-hybridized carbons (Fsp3) is 0.333. The number of hydrogen-bond donors (Lipinski definition) is 1. The first-order valence-corrected chi connectivity index (χ1v) is 8.65. The normalized spacial score (nSPS) is 10.6. The molecule has 2 rings (SSSR count). The summed E-state index contributed by atoms with van der Waals surface area (Å²) in [6.07, 6.45) is 0. The van der Waals surface area contributed by atoms with E-state index in [9.17, 15) is 0 Å². The topological polar surface area (TPSA) is 15.3 Å². The lowest BCUT2D eigenvalue weighted by atomic mass is 10.2. The van der Waals surface area contributed by atoms with Gasteiger partial charge in [-0.15, -0.1) is 11.3 Å². The molecule has 0 aliphatic carbocycles. The third-order valence-electron chi connectivity index (χ3n) is 3.16. The van der Waals surface area contributed by atoms with Crippen LogP contribution in [0.3, 0.4) is 0 Å². The Morgan fingerprint density at radius 3 is 2.35 bits per heavy atom. The van der Waals surface area contributed by atoms with Gasteiger partial charge in [-0.2, -0.15) is 0 Å². The molecule has 20 heavy (non-hydrogen) atoms. The fourth-order valence-corrected chi connectivity index (χ4v) is 3.78. The lowest BCUT2D eigenvalue weighted by Crippen LogP contribution is -2.21. The second kappa shape index (κ2) is 7.34. The molecule has 0 bridgehead atoms. The summed E-state index contributed by atoms with van der Waals surface area (Å²) in [4.78, 5) is 3.55. The number of benzene rings is 1. The molecular weight excluding hydrogens is 356 g/mol. The average Bonchev–Trinajstić information content (AvgIpc) is 2.78. The summed E-state index contributed by atoms with van der Waals surface area (Å²) in [6.45, 7) is 7.21. The lowest BCUT2D eigenvalue weighted by molar-refractivity contribution is 0.866. The van der Waals surface area contributed by atoms with Crippen molar-refractivity contribution in [1.29, 1.82) is 0 Å². The molecule has 0 atom stereocenters. The van der Waals surface area contributed by atoms with Crippen LogP contribution in [0.4, 0.5) is 11.4 Å². The smallest absolute Gasteiger partial charge is 0.107 e. The second-order valence-corrected chi connectivity index (χ2v) is 7.00. The highest BCUT2D eigenvalue weighted by Crippen LogP contribution is 2.32. The minimum absolute atomic E-state index is 0.792. The molecule has 0 radical (unpaired) electrons.